The Bertz CT molecular complexity index is 1060. The Morgan fingerprint density at radius 1 is 0.862 bits per heavy atom. The molecule has 0 saturated carbocycles. The van der Waals surface area contributed by atoms with Gasteiger partial charge in [0.25, 0.3) is 11.8 Å². The first-order valence-corrected chi connectivity index (χ1v) is 9.59. The molecule has 29 heavy (non-hydrogen) atoms. The Morgan fingerprint density at radius 2 is 1.52 bits per heavy atom. The molecule has 0 radical (unpaired) electrons. The van der Waals surface area contributed by atoms with Gasteiger partial charge in [-0.3, -0.25) is 9.59 Å². The minimum atomic E-state index is -0.479. The van der Waals surface area contributed by atoms with E-state index in [1.807, 2.05) is 19.1 Å². The fraction of sp³-hybridized carbons (Fsp3) is 0.0435. The highest BCUT2D eigenvalue weighted by molar-refractivity contribution is 6.32. The van der Waals surface area contributed by atoms with E-state index in [0.29, 0.717) is 26.9 Å². The first-order chi connectivity index (χ1) is 13.9. The largest absolute Gasteiger partial charge is 0.321 e. The normalized spacial score (nSPS) is 11.1. The molecule has 2 N–H and O–H groups in total. The monoisotopic (exact) mass is 424 g/mol. The fourth-order valence-corrected chi connectivity index (χ4v) is 2.85. The number of aryl methyl sites for hydroxylation is 1. The van der Waals surface area contributed by atoms with Gasteiger partial charge in [0.2, 0.25) is 0 Å². The zero-order chi connectivity index (χ0) is 20.8. The number of amides is 2. The van der Waals surface area contributed by atoms with Gasteiger partial charge in [0.15, 0.2) is 0 Å². The number of nitrogens with one attached hydrogen (secondary N) is 2. The zero-order valence-corrected chi connectivity index (χ0v) is 17.1. The van der Waals surface area contributed by atoms with Gasteiger partial charge in [-0.1, -0.05) is 59.1 Å². The molecule has 0 aliphatic rings. The summed E-state index contributed by atoms with van der Waals surface area (Å²) in [6.07, 6.45) is 1.54. The van der Waals surface area contributed by atoms with Crippen LogP contribution in [0.2, 0.25) is 10.0 Å². The van der Waals surface area contributed by atoms with Crippen LogP contribution in [0.5, 0.6) is 0 Å². The molecular weight excluding hydrogens is 407 g/mol. The molecule has 0 fully saturated rings. The number of benzene rings is 3. The molecule has 0 bridgehead atoms. The number of anilines is 1. The zero-order valence-electron chi connectivity index (χ0n) is 15.6. The highest BCUT2D eigenvalue weighted by Gasteiger charge is 2.15. The van der Waals surface area contributed by atoms with Gasteiger partial charge >= 0.3 is 0 Å². The second-order valence-electron chi connectivity index (χ2n) is 6.36. The molecular formula is C23H18Cl2N2O2. The van der Waals surface area contributed by atoms with Gasteiger partial charge in [-0.2, -0.15) is 0 Å². The Hall–Kier alpha value is -3.08. The lowest BCUT2D eigenvalue weighted by Gasteiger charge is -2.12. The van der Waals surface area contributed by atoms with Crippen LogP contribution in [0.1, 0.15) is 21.5 Å². The number of halogens is 2. The predicted molar refractivity (Wildman–Crippen MR) is 118 cm³/mol. The van der Waals surface area contributed by atoms with Crippen molar-refractivity contribution in [3.63, 3.8) is 0 Å². The molecule has 3 rings (SSSR count). The van der Waals surface area contributed by atoms with Gasteiger partial charge in [0.1, 0.15) is 5.70 Å². The van der Waals surface area contributed by atoms with E-state index in [2.05, 4.69) is 10.6 Å². The van der Waals surface area contributed by atoms with Crippen molar-refractivity contribution >= 4 is 46.8 Å². The van der Waals surface area contributed by atoms with Gasteiger partial charge in [0, 0.05) is 21.3 Å². The van der Waals surface area contributed by atoms with E-state index in [9.17, 15) is 9.59 Å². The van der Waals surface area contributed by atoms with Crippen LogP contribution < -0.4 is 10.6 Å². The quantitative estimate of drug-likeness (QED) is 0.515. The van der Waals surface area contributed by atoms with E-state index < -0.39 is 11.8 Å². The van der Waals surface area contributed by atoms with Crippen LogP contribution in [0.3, 0.4) is 0 Å². The van der Waals surface area contributed by atoms with Crippen LogP contribution in [0, 0.1) is 6.92 Å². The molecule has 3 aromatic rings. The first-order valence-electron chi connectivity index (χ1n) is 8.83. The third-order valence-corrected chi connectivity index (χ3v) is 4.71. The fourth-order valence-electron chi connectivity index (χ4n) is 2.54. The standard InChI is InChI=1S/C23H18Cl2N2O2/c1-15-6-8-16(9-7-15)22(28)27-21(14-17-4-2-3-5-20(17)25)23(29)26-19-12-10-18(24)11-13-19/h2-14H,1H3,(H,26,29)(H,27,28). The van der Waals surface area contributed by atoms with Crippen LogP contribution >= 0.6 is 23.2 Å². The summed E-state index contributed by atoms with van der Waals surface area (Å²) in [4.78, 5) is 25.5. The van der Waals surface area contributed by atoms with Crippen LogP contribution in [0.25, 0.3) is 6.08 Å². The van der Waals surface area contributed by atoms with Gasteiger partial charge in [-0.15, -0.1) is 0 Å². The van der Waals surface area contributed by atoms with Crippen molar-refractivity contribution < 1.29 is 9.59 Å². The van der Waals surface area contributed by atoms with Crippen LogP contribution in [-0.4, -0.2) is 11.8 Å². The van der Waals surface area contributed by atoms with Crippen molar-refractivity contribution in [3.8, 4) is 0 Å². The van der Waals surface area contributed by atoms with Crippen LogP contribution in [0.15, 0.2) is 78.5 Å². The number of hydrogen-bond donors (Lipinski definition) is 2. The summed E-state index contributed by atoms with van der Waals surface area (Å²) in [7, 11) is 0. The van der Waals surface area contributed by atoms with Crippen molar-refractivity contribution in [2.45, 2.75) is 6.92 Å². The maximum absolute atomic E-state index is 12.9. The second-order valence-corrected chi connectivity index (χ2v) is 7.20. The van der Waals surface area contributed by atoms with E-state index in [0.717, 1.165) is 5.56 Å². The molecule has 146 valence electrons. The summed E-state index contributed by atoms with van der Waals surface area (Å²) < 4.78 is 0. The van der Waals surface area contributed by atoms with Crippen molar-refractivity contribution in [3.05, 3.63) is 105 Å². The Balaban J connectivity index is 1.89. The lowest BCUT2D eigenvalue weighted by atomic mass is 10.1. The molecule has 3 aromatic carbocycles. The SMILES string of the molecule is Cc1ccc(C(=O)NC(=Cc2ccccc2Cl)C(=O)Nc2ccc(Cl)cc2)cc1. The maximum Gasteiger partial charge on any atom is 0.272 e. The van der Waals surface area contributed by atoms with Gasteiger partial charge in [-0.05, 0) is 61.0 Å². The molecule has 4 nitrogen and oxygen atoms in total. The molecule has 0 atom stereocenters. The minimum absolute atomic E-state index is 0.0682. The average Bonchev–Trinajstić information content (AvgIpc) is 2.71. The number of rotatable bonds is 5. The highest BCUT2D eigenvalue weighted by Crippen LogP contribution is 2.19. The lowest BCUT2D eigenvalue weighted by Crippen LogP contribution is -2.30. The topological polar surface area (TPSA) is 58.2 Å². The number of hydrogen-bond acceptors (Lipinski definition) is 2. The van der Waals surface area contributed by atoms with E-state index in [1.54, 1.807) is 66.7 Å². The van der Waals surface area contributed by atoms with E-state index in [1.165, 1.54) is 0 Å². The Morgan fingerprint density at radius 3 is 2.17 bits per heavy atom. The minimum Gasteiger partial charge on any atom is -0.321 e. The average molecular weight is 425 g/mol. The van der Waals surface area contributed by atoms with Crippen molar-refractivity contribution in [2.24, 2.45) is 0 Å². The first kappa shape index (κ1) is 20.6. The summed E-state index contributed by atoms with van der Waals surface area (Å²) in [5, 5.41) is 6.46. The molecule has 0 heterocycles. The summed E-state index contributed by atoms with van der Waals surface area (Å²) in [6, 6.07) is 20.8. The lowest BCUT2D eigenvalue weighted by molar-refractivity contribution is -0.113. The highest BCUT2D eigenvalue weighted by atomic mass is 35.5. The van der Waals surface area contributed by atoms with Crippen LogP contribution in [0.4, 0.5) is 5.69 Å². The Kier molecular flexibility index (Phi) is 6.70. The van der Waals surface area contributed by atoms with E-state index in [4.69, 9.17) is 23.2 Å². The third-order valence-electron chi connectivity index (χ3n) is 4.11. The molecule has 0 unspecified atom stereocenters. The van der Waals surface area contributed by atoms with Crippen molar-refractivity contribution in [1.82, 2.24) is 5.32 Å². The molecule has 6 heteroatoms. The smallest absolute Gasteiger partial charge is 0.272 e. The summed E-state index contributed by atoms with van der Waals surface area (Å²) in [5.41, 5.74) is 2.71. The number of carbonyl (C=O) groups is 2. The molecule has 0 aliphatic carbocycles. The molecule has 0 aromatic heterocycles. The molecule has 2 amide bonds. The molecule has 0 saturated heterocycles. The predicted octanol–water partition coefficient (Wildman–Crippen LogP) is 5.71. The summed E-state index contributed by atoms with van der Waals surface area (Å²) in [5.74, 6) is -0.873. The maximum atomic E-state index is 12.9. The van der Waals surface area contributed by atoms with Gasteiger partial charge in [0.05, 0.1) is 0 Å². The van der Waals surface area contributed by atoms with E-state index >= 15 is 0 Å². The van der Waals surface area contributed by atoms with Crippen molar-refractivity contribution in [2.75, 3.05) is 5.32 Å². The third kappa shape index (κ3) is 5.70. The molecule has 0 spiro atoms. The van der Waals surface area contributed by atoms with Gasteiger partial charge < -0.3 is 10.6 Å². The summed E-state index contributed by atoms with van der Waals surface area (Å²) in [6.45, 7) is 1.93. The molecule has 0 aliphatic heterocycles. The van der Waals surface area contributed by atoms with Crippen molar-refractivity contribution in [1.29, 1.82) is 0 Å². The second kappa shape index (κ2) is 9.41. The number of carbonyl (C=O) groups excluding carboxylic acids is 2. The summed E-state index contributed by atoms with van der Waals surface area (Å²) >= 11 is 12.1. The van der Waals surface area contributed by atoms with Crippen LogP contribution in [-0.2, 0) is 4.79 Å². The van der Waals surface area contributed by atoms with E-state index in [-0.39, 0.29) is 5.70 Å². The Labute approximate surface area is 179 Å². The van der Waals surface area contributed by atoms with Gasteiger partial charge in [-0.25, -0.2) is 0 Å².